The second kappa shape index (κ2) is 5.74. The maximum Gasteiger partial charge on any atom is 0.162 e. The number of rotatable bonds is 3. The Morgan fingerprint density at radius 2 is 1.68 bits per heavy atom. The Labute approximate surface area is 116 Å². The van der Waals surface area contributed by atoms with Crippen LogP contribution in [0.4, 0.5) is 5.69 Å². The summed E-state index contributed by atoms with van der Waals surface area (Å²) in [6, 6.07) is 9.17. The Bertz CT molecular complexity index is 429. The number of anilines is 1. The van der Waals surface area contributed by atoms with Crippen LogP contribution in [0.1, 0.15) is 37.6 Å². The first-order valence-electron chi connectivity index (χ1n) is 7.13. The van der Waals surface area contributed by atoms with Crippen molar-refractivity contribution in [2.45, 2.75) is 39.3 Å². The minimum absolute atomic E-state index is 0.215. The Kier molecular flexibility index (Phi) is 4.25. The maximum atomic E-state index is 11.6. The molecule has 1 heterocycles. The molecule has 3 nitrogen and oxygen atoms in total. The monoisotopic (exact) mass is 260 g/mol. The van der Waals surface area contributed by atoms with E-state index in [0.717, 1.165) is 18.7 Å². The van der Waals surface area contributed by atoms with Crippen LogP contribution in [0.15, 0.2) is 24.3 Å². The summed E-state index contributed by atoms with van der Waals surface area (Å²) >= 11 is 0. The van der Waals surface area contributed by atoms with E-state index in [9.17, 15) is 4.79 Å². The van der Waals surface area contributed by atoms with Crippen LogP contribution in [0.25, 0.3) is 0 Å². The van der Waals surface area contributed by atoms with Crippen LogP contribution >= 0.6 is 0 Å². The molecule has 1 fully saturated rings. The molecule has 1 saturated heterocycles. The average Bonchev–Trinajstić information content (AvgIpc) is 2.43. The van der Waals surface area contributed by atoms with Gasteiger partial charge < -0.3 is 4.90 Å². The molecule has 2 atom stereocenters. The van der Waals surface area contributed by atoms with Gasteiger partial charge in [-0.15, -0.1) is 0 Å². The molecule has 0 aromatic heterocycles. The predicted molar refractivity (Wildman–Crippen MR) is 80.0 cm³/mol. The zero-order valence-corrected chi connectivity index (χ0v) is 12.4. The van der Waals surface area contributed by atoms with Crippen molar-refractivity contribution in [3.05, 3.63) is 29.8 Å². The number of carbonyl (C=O) groups is 1. The molecule has 1 aromatic carbocycles. The van der Waals surface area contributed by atoms with Crippen LogP contribution < -0.4 is 4.90 Å². The normalized spacial score (nSPS) is 24.5. The molecule has 0 N–H and O–H groups in total. The summed E-state index contributed by atoms with van der Waals surface area (Å²) in [5, 5.41) is 0. The van der Waals surface area contributed by atoms with Gasteiger partial charge in [-0.3, -0.25) is 9.69 Å². The molecule has 0 aliphatic carbocycles. The van der Waals surface area contributed by atoms with Crippen molar-refractivity contribution in [3.8, 4) is 0 Å². The van der Waals surface area contributed by atoms with Gasteiger partial charge in [0.1, 0.15) is 0 Å². The van der Waals surface area contributed by atoms with Crippen LogP contribution in [0.5, 0.6) is 0 Å². The van der Waals surface area contributed by atoms with Crippen molar-refractivity contribution in [2.24, 2.45) is 0 Å². The van der Waals surface area contributed by atoms with Gasteiger partial charge in [-0.1, -0.05) is 6.92 Å². The van der Waals surface area contributed by atoms with Crippen molar-refractivity contribution >= 4 is 11.5 Å². The lowest BCUT2D eigenvalue weighted by molar-refractivity contribution is 0.0988. The van der Waals surface area contributed by atoms with Crippen LogP contribution in [0, 0.1) is 0 Å². The number of nitrogens with zero attached hydrogens (tertiary/aromatic N) is 2. The Morgan fingerprint density at radius 3 is 2.16 bits per heavy atom. The molecule has 0 bridgehead atoms. The van der Waals surface area contributed by atoms with E-state index in [2.05, 4.69) is 42.8 Å². The van der Waals surface area contributed by atoms with Gasteiger partial charge in [-0.25, -0.2) is 0 Å². The van der Waals surface area contributed by atoms with E-state index in [1.807, 2.05) is 19.1 Å². The summed E-state index contributed by atoms with van der Waals surface area (Å²) < 4.78 is 0. The summed E-state index contributed by atoms with van der Waals surface area (Å²) in [7, 11) is 2.19. The lowest BCUT2D eigenvalue weighted by Crippen LogP contribution is -2.55. The van der Waals surface area contributed by atoms with Crippen LogP contribution in [0.2, 0.25) is 0 Å². The van der Waals surface area contributed by atoms with Crippen molar-refractivity contribution in [2.75, 3.05) is 25.0 Å². The molecule has 1 aromatic rings. The van der Waals surface area contributed by atoms with Gasteiger partial charge in [-0.05, 0) is 45.2 Å². The molecule has 0 saturated carbocycles. The molecule has 2 unspecified atom stereocenters. The number of hydrogen-bond acceptors (Lipinski definition) is 3. The van der Waals surface area contributed by atoms with Gasteiger partial charge >= 0.3 is 0 Å². The number of ketones is 1. The maximum absolute atomic E-state index is 11.6. The predicted octanol–water partition coefficient (Wildman–Crippen LogP) is 2.81. The van der Waals surface area contributed by atoms with Crippen molar-refractivity contribution < 1.29 is 4.79 Å². The largest absolute Gasteiger partial charge is 0.368 e. The zero-order valence-electron chi connectivity index (χ0n) is 12.4. The van der Waals surface area contributed by atoms with Crippen molar-refractivity contribution in [1.29, 1.82) is 0 Å². The third kappa shape index (κ3) is 2.98. The Balaban J connectivity index is 2.12. The molecule has 0 radical (unpaired) electrons. The fraction of sp³-hybridized carbons (Fsp3) is 0.562. The van der Waals surface area contributed by atoms with E-state index < -0.39 is 0 Å². The quantitative estimate of drug-likeness (QED) is 0.781. The topological polar surface area (TPSA) is 23.6 Å². The molecule has 0 amide bonds. The molecular weight excluding hydrogens is 236 g/mol. The summed E-state index contributed by atoms with van der Waals surface area (Å²) in [5.41, 5.74) is 2.04. The van der Waals surface area contributed by atoms with E-state index in [-0.39, 0.29) is 5.78 Å². The number of piperazine rings is 1. The molecular formula is C16H24N2O. The van der Waals surface area contributed by atoms with Crippen LogP contribution in [-0.2, 0) is 0 Å². The van der Waals surface area contributed by atoms with Gasteiger partial charge in [0.15, 0.2) is 5.78 Å². The number of benzene rings is 1. The molecule has 0 spiro atoms. The van der Waals surface area contributed by atoms with Crippen LogP contribution in [0.3, 0.4) is 0 Å². The van der Waals surface area contributed by atoms with Gasteiger partial charge in [0.25, 0.3) is 0 Å². The van der Waals surface area contributed by atoms with E-state index >= 15 is 0 Å². The molecule has 19 heavy (non-hydrogen) atoms. The second-order valence-electron chi connectivity index (χ2n) is 5.59. The fourth-order valence-electron chi connectivity index (χ4n) is 2.68. The second-order valence-corrected chi connectivity index (χ2v) is 5.59. The fourth-order valence-corrected chi connectivity index (χ4v) is 2.68. The first-order chi connectivity index (χ1) is 9.02. The summed E-state index contributed by atoms with van der Waals surface area (Å²) in [4.78, 5) is 16.5. The number of Topliss-reactive ketones (excluding diaryl/α,β-unsaturated/α-hetero) is 1. The average molecular weight is 260 g/mol. The first kappa shape index (κ1) is 14.1. The van der Waals surface area contributed by atoms with E-state index in [1.165, 1.54) is 5.69 Å². The highest BCUT2D eigenvalue weighted by Crippen LogP contribution is 2.22. The summed E-state index contributed by atoms with van der Waals surface area (Å²) in [6.07, 6.45) is 0.571. The molecule has 1 aliphatic rings. The molecule has 3 heteroatoms. The summed E-state index contributed by atoms with van der Waals surface area (Å²) in [6.45, 7) is 8.51. The van der Waals surface area contributed by atoms with Crippen LogP contribution in [-0.4, -0.2) is 42.9 Å². The minimum Gasteiger partial charge on any atom is -0.368 e. The van der Waals surface area contributed by atoms with E-state index in [1.54, 1.807) is 0 Å². The van der Waals surface area contributed by atoms with Gasteiger partial charge in [0.2, 0.25) is 0 Å². The number of likely N-dealkylation sites (N-methyl/N-ethyl adjacent to an activating group) is 1. The first-order valence-corrected chi connectivity index (χ1v) is 7.13. The van der Waals surface area contributed by atoms with Gasteiger partial charge in [0.05, 0.1) is 0 Å². The highest BCUT2D eigenvalue weighted by atomic mass is 16.1. The number of carbonyl (C=O) groups excluding carboxylic acids is 1. The van der Waals surface area contributed by atoms with Gasteiger partial charge in [0, 0.05) is 42.8 Å². The van der Waals surface area contributed by atoms with Gasteiger partial charge in [-0.2, -0.15) is 0 Å². The lowest BCUT2D eigenvalue weighted by atomic mass is 10.1. The SMILES string of the molecule is CCC(=O)c1ccc(N2CC(C)N(C)C(C)C2)cc1. The highest BCUT2D eigenvalue weighted by molar-refractivity contribution is 5.96. The van der Waals surface area contributed by atoms with Crippen molar-refractivity contribution in [3.63, 3.8) is 0 Å². The number of hydrogen-bond donors (Lipinski definition) is 0. The standard InChI is InChI=1S/C16H24N2O/c1-5-16(19)14-6-8-15(9-7-14)18-10-12(2)17(4)13(3)11-18/h6-9,12-13H,5,10-11H2,1-4H3. The molecule has 104 valence electrons. The Morgan fingerprint density at radius 1 is 1.16 bits per heavy atom. The smallest absolute Gasteiger partial charge is 0.162 e. The van der Waals surface area contributed by atoms with E-state index in [4.69, 9.17) is 0 Å². The molecule has 1 aliphatic heterocycles. The minimum atomic E-state index is 0.215. The Hall–Kier alpha value is -1.35. The zero-order chi connectivity index (χ0) is 14.0. The highest BCUT2D eigenvalue weighted by Gasteiger charge is 2.26. The third-order valence-electron chi connectivity index (χ3n) is 4.24. The molecule has 2 rings (SSSR count). The van der Waals surface area contributed by atoms with Crippen molar-refractivity contribution in [1.82, 2.24) is 4.90 Å². The third-order valence-corrected chi connectivity index (χ3v) is 4.24. The lowest BCUT2D eigenvalue weighted by Gasteiger charge is -2.43. The summed E-state index contributed by atoms with van der Waals surface area (Å²) in [5.74, 6) is 0.215. The van der Waals surface area contributed by atoms with E-state index in [0.29, 0.717) is 18.5 Å².